The number of ether oxygens (including phenoxy) is 1. The Kier molecular flexibility index (Phi) is 6.30. The maximum absolute atomic E-state index is 13.7. The van der Waals surface area contributed by atoms with Gasteiger partial charge >= 0.3 is 6.09 Å². The molecule has 1 amide bonds. The van der Waals surface area contributed by atoms with E-state index in [2.05, 4.69) is 15.6 Å². The van der Waals surface area contributed by atoms with Crippen LogP contribution in [-0.2, 0) is 4.74 Å². The predicted octanol–water partition coefficient (Wildman–Crippen LogP) is 6.30. The minimum atomic E-state index is -0.611. The minimum Gasteiger partial charge on any atom is -0.444 e. The van der Waals surface area contributed by atoms with Gasteiger partial charge in [0.15, 0.2) is 0 Å². The zero-order valence-electron chi connectivity index (χ0n) is 20.6. The number of hydrogen-bond acceptors (Lipinski definition) is 6. The second-order valence-corrected chi connectivity index (χ2v) is 10.00. The third kappa shape index (κ3) is 5.30. The van der Waals surface area contributed by atoms with Gasteiger partial charge in [0.05, 0.1) is 28.7 Å². The summed E-state index contributed by atoms with van der Waals surface area (Å²) in [5.41, 5.74) is 3.60. The maximum atomic E-state index is 13.7. The molecule has 8 nitrogen and oxygen atoms in total. The third-order valence-electron chi connectivity index (χ3n) is 5.99. The molecule has 36 heavy (non-hydrogen) atoms. The average Bonchev–Trinajstić information content (AvgIpc) is 3.46. The Morgan fingerprint density at radius 2 is 1.83 bits per heavy atom. The van der Waals surface area contributed by atoms with Gasteiger partial charge in [-0.2, -0.15) is 5.10 Å². The molecule has 3 heterocycles. The lowest BCUT2D eigenvalue weighted by molar-refractivity contribution is 0.0636. The molecule has 0 spiro atoms. The number of pyridine rings is 1. The zero-order chi connectivity index (χ0) is 25.3. The van der Waals surface area contributed by atoms with E-state index in [0.29, 0.717) is 29.1 Å². The zero-order valence-corrected chi connectivity index (χ0v) is 20.6. The summed E-state index contributed by atoms with van der Waals surface area (Å²) in [4.78, 5) is 21.5. The van der Waals surface area contributed by atoms with E-state index in [-0.39, 0.29) is 5.82 Å². The molecule has 0 radical (unpaired) electrons. The number of nitrogens with zero attached hydrogens (tertiary/aromatic N) is 4. The number of carbonyl (C=O) groups is 1. The number of fused-ring (bicyclic) bond motifs is 1. The monoisotopic (exact) mass is 488 g/mol. The van der Waals surface area contributed by atoms with E-state index in [0.717, 1.165) is 29.5 Å². The Morgan fingerprint density at radius 3 is 2.56 bits per heavy atom. The van der Waals surface area contributed by atoms with E-state index in [9.17, 15) is 9.18 Å². The van der Waals surface area contributed by atoms with Gasteiger partial charge in [0.1, 0.15) is 17.1 Å². The predicted molar refractivity (Wildman–Crippen MR) is 137 cm³/mol. The molecule has 9 heteroatoms. The molecule has 4 aromatic rings. The van der Waals surface area contributed by atoms with Gasteiger partial charge in [-0.05, 0) is 76.1 Å². The van der Waals surface area contributed by atoms with E-state index in [1.807, 2.05) is 32.9 Å². The molecule has 3 aromatic heterocycles. The molecular formula is C27H29FN6O2. The first-order valence-electron chi connectivity index (χ1n) is 12.1. The lowest BCUT2D eigenvalue weighted by atomic mass is 10.0. The van der Waals surface area contributed by atoms with Gasteiger partial charge in [0.25, 0.3) is 0 Å². The van der Waals surface area contributed by atoms with Crippen molar-refractivity contribution in [3.63, 3.8) is 0 Å². The minimum absolute atomic E-state index is 0.321. The summed E-state index contributed by atoms with van der Waals surface area (Å²) in [6.45, 7) is 5.42. The molecule has 1 aliphatic rings. The summed E-state index contributed by atoms with van der Waals surface area (Å²) < 4.78 is 20.7. The highest BCUT2D eigenvalue weighted by Crippen LogP contribution is 2.35. The van der Waals surface area contributed by atoms with Crippen molar-refractivity contribution < 1.29 is 13.9 Å². The van der Waals surface area contributed by atoms with Crippen molar-refractivity contribution in [2.45, 2.75) is 58.1 Å². The average molecular weight is 489 g/mol. The van der Waals surface area contributed by atoms with Crippen LogP contribution >= 0.6 is 0 Å². The Morgan fingerprint density at radius 1 is 1.08 bits per heavy atom. The smallest absolute Gasteiger partial charge is 0.412 e. The number of benzene rings is 1. The van der Waals surface area contributed by atoms with Crippen LogP contribution in [0.4, 0.5) is 20.8 Å². The van der Waals surface area contributed by atoms with Crippen LogP contribution in [0.15, 0.2) is 54.9 Å². The number of carbonyl (C=O) groups excluding carboxylic acids is 1. The summed E-state index contributed by atoms with van der Waals surface area (Å²) in [6.07, 6.45) is 7.54. The second kappa shape index (κ2) is 9.56. The normalized spacial score (nSPS) is 14.2. The lowest BCUT2D eigenvalue weighted by Crippen LogP contribution is -2.27. The standard InChI is InChI=1S/C27H29FN6O2/c1-27(2,3)36-26(35)31-20-12-13-22-23(21-14-15-29-25(32-21)30-19-6-4-5-7-19)24(33-34(22)16-20)17-8-10-18(28)11-9-17/h8-16,19H,4-7H2,1-3H3,(H,31,35)(H,29,30,32). The van der Waals surface area contributed by atoms with Gasteiger partial charge in [-0.25, -0.2) is 23.7 Å². The van der Waals surface area contributed by atoms with E-state index < -0.39 is 11.7 Å². The highest BCUT2D eigenvalue weighted by atomic mass is 19.1. The number of rotatable bonds is 5. The van der Waals surface area contributed by atoms with Crippen molar-refractivity contribution >= 4 is 23.2 Å². The molecule has 0 unspecified atom stereocenters. The number of halogens is 1. The third-order valence-corrected chi connectivity index (χ3v) is 5.99. The van der Waals surface area contributed by atoms with Crippen molar-refractivity contribution in [1.82, 2.24) is 19.6 Å². The molecule has 0 aliphatic heterocycles. The summed E-state index contributed by atoms with van der Waals surface area (Å²) in [5.74, 6) is 0.255. The molecule has 1 aromatic carbocycles. The molecule has 5 rings (SSSR count). The first-order valence-corrected chi connectivity index (χ1v) is 12.1. The van der Waals surface area contributed by atoms with Crippen LogP contribution in [0, 0.1) is 5.82 Å². The number of amides is 1. The van der Waals surface area contributed by atoms with Crippen molar-refractivity contribution in [2.24, 2.45) is 0 Å². The maximum Gasteiger partial charge on any atom is 0.412 e. The topological polar surface area (TPSA) is 93.4 Å². The Hall–Kier alpha value is -4.01. The van der Waals surface area contributed by atoms with Crippen LogP contribution in [0.3, 0.4) is 0 Å². The highest BCUT2D eigenvalue weighted by molar-refractivity contribution is 5.92. The van der Waals surface area contributed by atoms with Gasteiger partial charge in [-0.3, -0.25) is 5.32 Å². The molecular weight excluding hydrogens is 459 g/mol. The fourth-order valence-corrected chi connectivity index (χ4v) is 4.43. The SMILES string of the molecule is CC(C)(C)OC(=O)Nc1ccc2c(-c3ccnc(NC4CCCC4)n3)c(-c3ccc(F)cc3)nn2c1. The van der Waals surface area contributed by atoms with Crippen molar-refractivity contribution in [2.75, 3.05) is 10.6 Å². The van der Waals surface area contributed by atoms with Gasteiger partial charge in [0, 0.05) is 17.8 Å². The van der Waals surface area contributed by atoms with Crippen LogP contribution in [0.1, 0.15) is 46.5 Å². The summed E-state index contributed by atoms with van der Waals surface area (Å²) >= 11 is 0. The molecule has 0 atom stereocenters. The number of nitrogens with one attached hydrogen (secondary N) is 2. The van der Waals surface area contributed by atoms with Crippen molar-refractivity contribution in [1.29, 1.82) is 0 Å². The molecule has 1 saturated carbocycles. The van der Waals surface area contributed by atoms with Crippen LogP contribution < -0.4 is 10.6 Å². The Labute approximate surface area is 208 Å². The van der Waals surface area contributed by atoms with Crippen LogP contribution in [-0.4, -0.2) is 37.3 Å². The van der Waals surface area contributed by atoms with Gasteiger partial charge < -0.3 is 10.1 Å². The molecule has 2 N–H and O–H groups in total. The fraction of sp³-hybridized carbons (Fsp3) is 0.333. The number of hydrogen-bond donors (Lipinski definition) is 2. The van der Waals surface area contributed by atoms with Gasteiger partial charge in [-0.1, -0.05) is 12.8 Å². The largest absolute Gasteiger partial charge is 0.444 e. The fourth-order valence-electron chi connectivity index (χ4n) is 4.43. The highest BCUT2D eigenvalue weighted by Gasteiger charge is 2.21. The van der Waals surface area contributed by atoms with Crippen LogP contribution in [0.5, 0.6) is 0 Å². The summed E-state index contributed by atoms with van der Waals surface area (Å²) in [6, 6.07) is 12.1. The van der Waals surface area contributed by atoms with E-state index in [1.165, 1.54) is 25.0 Å². The second-order valence-electron chi connectivity index (χ2n) is 10.00. The van der Waals surface area contributed by atoms with E-state index in [4.69, 9.17) is 14.8 Å². The number of aromatic nitrogens is 4. The summed E-state index contributed by atoms with van der Waals surface area (Å²) in [5, 5.41) is 11.0. The van der Waals surface area contributed by atoms with Gasteiger partial charge in [0.2, 0.25) is 5.95 Å². The van der Waals surface area contributed by atoms with E-state index in [1.54, 1.807) is 35.1 Å². The first-order chi connectivity index (χ1) is 17.2. The number of anilines is 2. The molecule has 1 aliphatic carbocycles. The van der Waals surface area contributed by atoms with Gasteiger partial charge in [-0.15, -0.1) is 0 Å². The molecule has 0 saturated heterocycles. The Bertz CT molecular complexity index is 1390. The molecule has 186 valence electrons. The Balaban J connectivity index is 1.56. The van der Waals surface area contributed by atoms with Crippen LogP contribution in [0.2, 0.25) is 0 Å². The lowest BCUT2D eigenvalue weighted by Gasteiger charge is -2.19. The van der Waals surface area contributed by atoms with Crippen LogP contribution in [0.25, 0.3) is 28.0 Å². The van der Waals surface area contributed by atoms with E-state index >= 15 is 0 Å². The first kappa shape index (κ1) is 23.7. The quantitative estimate of drug-likeness (QED) is 0.342. The molecule has 1 fully saturated rings. The molecule has 0 bridgehead atoms. The van der Waals surface area contributed by atoms with Crippen molar-refractivity contribution in [3.05, 3.63) is 60.7 Å². The summed E-state index contributed by atoms with van der Waals surface area (Å²) in [7, 11) is 0. The van der Waals surface area contributed by atoms with Crippen molar-refractivity contribution in [3.8, 4) is 22.5 Å².